The van der Waals surface area contributed by atoms with Gasteiger partial charge in [-0.3, -0.25) is 9.59 Å². The molecule has 5 rings (SSSR count). The second kappa shape index (κ2) is 14.0. The molecule has 3 N–H and O–H groups in total. The lowest BCUT2D eigenvalue weighted by Crippen LogP contribution is -2.30. The smallest absolute Gasteiger partial charge is 0.251 e. The Labute approximate surface area is 257 Å². The van der Waals surface area contributed by atoms with Gasteiger partial charge < -0.3 is 20.7 Å². The molecule has 4 aromatic rings. The monoisotopic (exact) mass is 591 g/mol. The Balaban J connectivity index is 1.32. The molecule has 0 spiro atoms. The number of aryl methyl sites for hydroxylation is 2. The number of amides is 2. The Morgan fingerprint density at radius 2 is 1.82 bits per heavy atom. The maximum atomic E-state index is 13.4. The van der Waals surface area contributed by atoms with Gasteiger partial charge in [-0.05, 0) is 67.6 Å². The van der Waals surface area contributed by atoms with E-state index < -0.39 is 0 Å². The van der Waals surface area contributed by atoms with Crippen molar-refractivity contribution >= 4 is 34.6 Å². The summed E-state index contributed by atoms with van der Waals surface area (Å²) >= 11 is 0. The number of hydrogen-bond donors (Lipinski definition) is 3. The highest BCUT2D eigenvalue weighted by atomic mass is 16.5. The fourth-order valence-corrected chi connectivity index (χ4v) is 5.45. The third kappa shape index (κ3) is 6.63. The fourth-order valence-electron chi connectivity index (χ4n) is 5.45. The lowest BCUT2D eigenvalue weighted by atomic mass is 10.0. The number of carbonyl (C=O) groups is 2. The number of rotatable bonds is 11. The van der Waals surface area contributed by atoms with Gasteiger partial charge in [0.25, 0.3) is 11.8 Å². The van der Waals surface area contributed by atoms with Gasteiger partial charge in [0.2, 0.25) is 0 Å². The van der Waals surface area contributed by atoms with Crippen molar-refractivity contribution in [3.8, 4) is 6.07 Å². The molecule has 0 bridgehead atoms. The molecule has 2 aromatic carbocycles. The molecular formula is C34H37N7O3. The van der Waals surface area contributed by atoms with Crippen LogP contribution in [0.15, 0.2) is 55.2 Å². The third-order valence-electron chi connectivity index (χ3n) is 7.90. The highest BCUT2D eigenvalue weighted by Gasteiger charge is 2.22. The Kier molecular flexibility index (Phi) is 9.67. The van der Waals surface area contributed by atoms with Gasteiger partial charge in [-0.1, -0.05) is 31.7 Å². The lowest BCUT2D eigenvalue weighted by molar-refractivity contribution is 0.0904. The number of benzene rings is 2. The molecule has 1 aliphatic heterocycles. The van der Waals surface area contributed by atoms with Crippen LogP contribution in [0.3, 0.4) is 0 Å². The number of carbonyl (C=O) groups excluding carboxylic acids is 2. The molecule has 1 saturated heterocycles. The minimum Gasteiger partial charge on any atom is -0.381 e. The predicted octanol–water partition coefficient (Wildman–Crippen LogP) is 4.98. The average Bonchev–Trinajstić information content (AvgIpc) is 3.49. The maximum Gasteiger partial charge on any atom is 0.251 e. The van der Waals surface area contributed by atoms with Crippen molar-refractivity contribution in [1.29, 1.82) is 5.26 Å². The lowest BCUT2D eigenvalue weighted by Gasteiger charge is -2.26. The van der Waals surface area contributed by atoms with Crippen molar-refractivity contribution in [2.75, 3.05) is 18.5 Å². The molecule has 0 unspecified atom stereocenters. The SMILES string of the molecule is C=Cc1cc(CNC(=O)c2cccc(C(=O)NCc3c(CC)nc4c(cnn4CC)c3NC3CCOCC3)c2)ccc1C#N. The molecule has 0 saturated carbocycles. The minimum atomic E-state index is -0.303. The van der Waals surface area contributed by atoms with Crippen molar-refractivity contribution in [2.45, 2.75) is 58.8 Å². The van der Waals surface area contributed by atoms with Gasteiger partial charge in [0.05, 0.1) is 28.9 Å². The van der Waals surface area contributed by atoms with E-state index in [1.54, 1.807) is 42.5 Å². The molecule has 10 nitrogen and oxygen atoms in total. The topological polar surface area (TPSA) is 134 Å². The number of aromatic nitrogens is 3. The minimum absolute atomic E-state index is 0.251. The van der Waals surface area contributed by atoms with Crippen molar-refractivity contribution in [3.63, 3.8) is 0 Å². The van der Waals surface area contributed by atoms with Crippen LogP contribution in [-0.4, -0.2) is 45.8 Å². The molecular weight excluding hydrogens is 554 g/mol. The summed E-state index contributed by atoms with van der Waals surface area (Å²) in [5, 5.41) is 24.4. The highest BCUT2D eigenvalue weighted by molar-refractivity contribution is 6.00. The van der Waals surface area contributed by atoms with Crippen molar-refractivity contribution in [2.24, 2.45) is 0 Å². The standard InChI is InChI=1S/C34H37N7O3/c1-4-23-16-22(10-11-26(23)18-35)19-36-33(42)24-8-7-9-25(17-24)34(43)37-20-28-30(5-2)40-32-29(21-38-41(32)6-3)31(28)39-27-12-14-44-15-13-27/h4,7-11,16-17,21,27H,1,5-6,12-15,19-20H2,2-3H3,(H,36,42)(H,37,43)(H,39,40). The predicted molar refractivity (Wildman–Crippen MR) is 170 cm³/mol. The van der Waals surface area contributed by atoms with Gasteiger partial charge in [0, 0.05) is 61.3 Å². The van der Waals surface area contributed by atoms with Crippen LogP contribution in [0.4, 0.5) is 5.69 Å². The van der Waals surface area contributed by atoms with Crippen molar-refractivity contribution < 1.29 is 14.3 Å². The molecule has 2 aromatic heterocycles. The van der Waals surface area contributed by atoms with Gasteiger partial charge in [0.15, 0.2) is 5.65 Å². The molecule has 0 atom stereocenters. The Bertz CT molecular complexity index is 1730. The number of nitrogens with one attached hydrogen (secondary N) is 3. The second-order valence-corrected chi connectivity index (χ2v) is 10.7. The number of ether oxygens (including phenoxy) is 1. The summed E-state index contributed by atoms with van der Waals surface area (Å²) in [5.74, 6) is -0.589. The van der Waals surface area contributed by atoms with E-state index in [4.69, 9.17) is 9.72 Å². The molecule has 1 aliphatic rings. The second-order valence-electron chi connectivity index (χ2n) is 10.7. The van der Waals surface area contributed by atoms with Crippen molar-refractivity contribution in [3.05, 3.63) is 94.3 Å². The number of anilines is 1. The molecule has 3 heterocycles. The van der Waals surface area contributed by atoms with Gasteiger partial charge >= 0.3 is 0 Å². The van der Waals surface area contributed by atoms with Gasteiger partial charge in [-0.25, -0.2) is 9.67 Å². The Hall–Kier alpha value is -5.01. The number of pyridine rings is 1. The molecule has 0 aliphatic carbocycles. The van der Waals surface area contributed by atoms with Gasteiger partial charge in [-0.2, -0.15) is 10.4 Å². The zero-order chi connectivity index (χ0) is 31.1. The Morgan fingerprint density at radius 3 is 2.48 bits per heavy atom. The maximum absolute atomic E-state index is 13.4. The van der Waals surface area contributed by atoms with E-state index in [0.29, 0.717) is 48.4 Å². The largest absolute Gasteiger partial charge is 0.381 e. The number of nitrogens with zero attached hydrogens (tertiary/aromatic N) is 4. The Morgan fingerprint density at radius 1 is 1.09 bits per heavy atom. The van der Waals surface area contributed by atoms with Crippen LogP contribution >= 0.6 is 0 Å². The summed E-state index contributed by atoms with van der Waals surface area (Å²) in [4.78, 5) is 31.3. The fraction of sp³-hybridized carbons (Fsp3) is 0.324. The van der Waals surface area contributed by atoms with Crippen LogP contribution in [0.2, 0.25) is 0 Å². The molecule has 1 fully saturated rings. The molecule has 44 heavy (non-hydrogen) atoms. The van der Waals surface area contributed by atoms with Crippen LogP contribution in [-0.2, 0) is 30.8 Å². The summed E-state index contributed by atoms with van der Waals surface area (Å²) in [6.45, 7) is 10.5. The first-order valence-electron chi connectivity index (χ1n) is 15.0. The first-order chi connectivity index (χ1) is 21.4. The van der Waals surface area contributed by atoms with E-state index in [9.17, 15) is 14.9 Å². The molecule has 10 heteroatoms. The summed E-state index contributed by atoms with van der Waals surface area (Å²) in [6.07, 6.45) is 5.95. The van der Waals surface area contributed by atoms with Gasteiger partial charge in [-0.15, -0.1) is 0 Å². The van der Waals surface area contributed by atoms with E-state index in [1.165, 1.54) is 0 Å². The first kappa shape index (κ1) is 30.4. The quantitative estimate of drug-likeness (QED) is 0.224. The first-order valence-corrected chi connectivity index (χ1v) is 15.0. The zero-order valence-electron chi connectivity index (χ0n) is 25.2. The van der Waals surface area contributed by atoms with Gasteiger partial charge in [0.1, 0.15) is 0 Å². The van der Waals surface area contributed by atoms with E-state index >= 15 is 0 Å². The number of hydrogen-bond acceptors (Lipinski definition) is 7. The van der Waals surface area contributed by atoms with Crippen LogP contribution in [0.5, 0.6) is 0 Å². The molecule has 0 radical (unpaired) electrons. The molecule has 2 amide bonds. The summed E-state index contributed by atoms with van der Waals surface area (Å²) in [6, 6.07) is 14.4. The highest BCUT2D eigenvalue weighted by Crippen LogP contribution is 2.31. The summed E-state index contributed by atoms with van der Waals surface area (Å²) in [7, 11) is 0. The van der Waals surface area contributed by atoms with Crippen LogP contribution in [0.1, 0.15) is 75.4 Å². The average molecular weight is 592 g/mol. The van der Waals surface area contributed by atoms with Crippen LogP contribution in [0, 0.1) is 11.3 Å². The van der Waals surface area contributed by atoms with Crippen LogP contribution in [0.25, 0.3) is 17.1 Å². The molecule has 226 valence electrons. The zero-order valence-corrected chi connectivity index (χ0v) is 25.2. The van der Waals surface area contributed by atoms with Crippen molar-refractivity contribution in [1.82, 2.24) is 25.4 Å². The normalized spacial score (nSPS) is 13.3. The van der Waals surface area contributed by atoms with E-state index in [-0.39, 0.29) is 30.9 Å². The summed E-state index contributed by atoms with van der Waals surface area (Å²) < 4.78 is 7.45. The third-order valence-corrected chi connectivity index (χ3v) is 7.90. The number of nitriles is 1. The van der Waals surface area contributed by atoms with Crippen LogP contribution < -0.4 is 16.0 Å². The number of fused-ring (bicyclic) bond motifs is 1. The van der Waals surface area contributed by atoms with E-state index in [2.05, 4.69) is 40.6 Å². The summed E-state index contributed by atoms with van der Waals surface area (Å²) in [5.41, 5.74) is 6.46. The van der Waals surface area contributed by atoms with E-state index in [1.807, 2.05) is 23.9 Å². The van der Waals surface area contributed by atoms with E-state index in [0.717, 1.165) is 46.4 Å².